The van der Waals surface area contributed by atoms with Crippen LogP contribution in [0.4, 0.5) is 0 Å². The molecule has 0 amide bonds. The molecule has 0 unspecified atom stereocenters. The summed E-state index contributed by atoms with van der Waals surface area (Å²) in [4.78, 5) is 11.6. The maximum Gasteiger partial charge on any atom is 0.419 e. The van der Waals surface area contributed by atoms with Gasteiger partial charge in [0.15, 0.2) is 5.58 Å². The lowest BCUT2D eigenvalue weighted by atomic mass is 10.1. The van der Waals surface area contributed by atoms with Gasteiger partial charge in [0.2, 0.25) is 10.0 Å². The summed E-state index contributed by atoms with van der Waals surface area (Å²) in [6.07, 6.45) is 0.599. The van der Waals surface area contributed by atoms with Gasteiger partial charge in [0.1, 0.15) is 0 Å². The number of rotatable bonds is 5. The molecule has 1 N–H and O–H groups in total. The van der Waals surface area contributed by atoms with Crippen LogP contribution in [0.1, 0.15) is 11.1 Å². The molecule has 0 saturated carbocycles. The minimum atomic E-state index is -3.65. The van der Waals surface area contributed by atoms with Crippen LogP contribution in [0.2, 0.25) is 0 Å². The van der Waals surface area contributed by atoms with E-state index in [9.17, 15) is 13.2 Å². The van der Waals surface area contributed by atoms with Gasteiger partial charge >= 0.3 is 5.76 Å². The monoisotopic (exact) mass is 346 g/mol. The van der Waals surface area contributed by atoms with E-state index in [1.54, 1.807) is 13.1 Å². The summed E-state index contributed by atoms with van der Waals surface area (Å²) in [5.74, 6) is -0.521. The smallest absolute Gasteiger partial charge is 0.408 e. The van der Waals surface area contributed by atoms with Gasteiger partial charge in [0.05, 0.1) is 10.4 Å². The van der Waals surface area contributed by atoms with Crippen LogP contribution in [0.15, 0.2) is 56.6 Å². The van der Waals surface area contributed by atoms with Crippen LogP contribution in [-0.4, -0.2) is 19.5 Å². The third-order valence-corrected chi connectivity index (χ3v) is 5.36. The SMILES string of the molecule is Cc1ccc(CCNS(=O)(=O)c2ccc3c(c2)oc(=O)n3C)cc1. The Hall–Kier alpha value is -2.38. The summed E-state index contributed by atoms with van der Waals surface area (Å²) < 4.78 is 33.7. The molecule has 0 spiro atoms. The van der Waals surface area contributed by atoms with E-state index in [0.717, 1.165) is 11.1 Å². The van der Waals surface area contributed by atoms with Gasteiger partial charge in [0.25, 0.3) is 0 Å². The van der Waals surface area contributed by atoms with Gasteiger partial charge in [-0.1, -0.05) is 29.8 Å². The Morgan fingerprint density at radius 3 is 2.54 bits per heavy atom. The van der Waals surface area contributed by atoms with Crippen molar-refractivity contribution in [1.82, 2.24) is 9.29 Å². The molecule has 0 atom stereocenters. The lowest BCUT2D eigenvalue weighted by molar-refractivity contribution is 0.527. The maximum absolute atomic E-state index is 12.4. The van der Waals surface area contributed by atoms with E-state index in [0.29, 0.717) is 18.5 Å². The Morgan fingerprint density at radius 1 is 1.12 bits per heavy atom. The predicted molar refractivity (Wildman–Crippen MR) is 91.5 cm³/mol. The van der Waals surface area contributed by atoms with E-state index in [4.69, 9.17) is 4.42 Å². The van der Waals surface area contributed by atoms with Crippen LogP contribution in [0.3, 0.4) is 0 Å². The molecule has 126 valence electrons. The number of aromatic nitrogens is 1. The van der Waals surface area contributed by atoms with Crippen LogP contribution < -0.4 is 10.5 Å². The van der Waals surface area contributed by atoms with E-state index in [1.807, 2.05) is 31.2 Å². The fourth-order valence-corrected chi connectivity index (χ4v) is 3.50. The van der Waals surface area contributed by atoms with Crippen molar-refractivity contribution in [1.29, 1.82) is 0 Å². The maximum atomic E-state index is 12.4. The van der Waals surface area contributed by atoms with Crippen molar-refractivity contribution in [2.75, 3.05) is 6.54 Å². The van der Waals surface area contributed by atoms with Gasteiger partial charge in [-0.2, -0.15) is 0 Å². The van der Waals surface area contributed by atoms with E-state index < -0.39 is 15.8 Å². The predicted octanol–water partition coefficient (Wildman–Crippen LogP) is 1.96. The van der Waals surface area contributed by atoms with Crippen molar-refractivity contribution >= 4 is 21.1 Å². The van der Waals surface area contributed by atoms with Crippen LogP contribution in [0, 0.1) is 6.92 Å². The molecule has 0 radical (unpaired) electrons. The molecule has 0 saturated heterocycles. The topological polar surface area (TPSA) is 81.3 Å². The first-order chi connectivity index (χ1) is 11.4. The number of sulfonamides is 1. The number of aryl methyl sites for hydroxylation is 2. The summed E-state index contributed by atoms with van der Waals surface area (Å²) in [7, 11) is -2.08. The van der Waals surface area contributed by atoms with E-state index in [1.165, 1.54) is 16.7 Å². The van der Waals surface area contributed by atoms with Crippen LogP contribution in [-0.2, 0) is 23.5 Å². The minimum Gasteiger partial charge on any atom is -0.408 e. The van der Waals surface area contributed by atoms with Gasteiger partial charge < -0.3 is 4.42 Å². The molecule has 1 aromatic heterocycles. The molecule has 7 heteroatoms. The second-order valence-electron chi connectivity index (χ2n) is 5.69. The van der Waals surface area contributed by atoms with Gasteiger partial charge in [-0.3, -0.25) is 4.57 Å². The van der Waals surface area contributed by atoms with Gasteiger partial charge in [0, 0.05) is 19.7 Å². The Labute approximate surface area is 139 Å². The molecular weight excluding hydrogens is 328 g/mol. The Morgan fingerprint density at radius 2 is 1.83 bits per heavy atom. The highest BCUT2D eigenvalue weighted by Gasteiger charge is 2.16. The molecule has 0 aliphatic heterocycles. The fraction of sp³-hybridized carbons (Fsp3) is 0.235. The average Bonchev–Trinajstić information content (AvgIpc) is 2.83. The highest BCUT2D eigenvalue weighted by molar-refractivity contribution is 7.89. The molecule has 3 rings (SSSR count). The van der Waals surface area contributed by atoms with Crippen molar-refractivity contribution < 1.29 is 12.8 Å². The standard InChI is InChI=1S/C17H18N2O4S/c1-12-3-5-13(6-4-12)9-10-18-24(21,22)14-7-8-15-16(11-14)23-17(20)19(15)2/h3-8,11,18H,9-10H2,1-2H3. The second kappa shape index (κ2) is 6.26. The van der Waals surface area contributed by atoms with Crippen LogP contribution in [0.5, 0.6) is 0 Å². The van der Waals surface area contributed by atoms with Crippen LogP contribution >= 0.6 is 0 Å². The zero-order chi connectivity index (χ0) is 17.3. The first kappa shape index (κ1) is 16.5. The van der Waals surface area contributed by atoms with E-state index in [2.05, 4.69) is 4.72 Å². The first-order valence-electron chi connectivity index (χ1n) is 7.51. The highest BCUT2D eigenvalue weighted by atomic mass is 32.2. The number of benzene rings is 2. The van der Waals surface area contributed by atoms with Crippen molar-refractivity contribution in [2.24, 2.45) is 7.05 Å². The number of hydrogen-bond donors (Lipinski definition) is 1. The Kier molecular flexibility index (Phi) is 4.29. The second-order valence-corrected chi connectivity index (χ2v) is 7.46. The number of hydrogen-bond acceptors (Lipinski definition) is 4. The molecule has 0 bridgehead atoms. The number of nitrogens with zero attached hydrogens (tertiary/aromatic N) is 1. The normalized spacial score (nSPS) is 11.9. The Bertz CT molecular complexity index is 1030. The first-order valence-corrected chi connectivity index (χ1v) is 9.00. The summed E-state index contributed by atoms with van der Waals surface area (Å²) in [6, 6.07) is 12.3. The summed E-state index contributed by atoms with van der Waals surface area (Å²) in [5.41, 5.74) is 3.03. The average molecular weight is 346 g/mol. The molecule has 3 aromatic rings. The van der Waals surface area contributed by atoms with Crippen LogP contribution in [0.25, 0.3) is 11.1 Å². The number of oxazole rings is 1. The molecule has 24 heavy (non-hydrogen) atoms. The zero-order valence-electron chi connectivity index (χ0n) is 13.4. The van der Waals surface area contributed by atoms with Crippen molar-refractivity contribution in [3.63, 3.8) is 0 Å². The van der Waals surface area contributed by atoms with Gasteiger partial charge in [-0.15, -0.1) is 0 Å². The lowest BCUT2D eigenvalue weighted by Crippen LogP contribution is -2.26. The third-order valence-electron chi connectivity index (χ3n) is 3.90. The summed E-state index contributed by atoms with van der Waals surface area (Å²) in [6.45, 7) is 2.30. The van der Waals surface area contributed by atoms with Crippen molar-refractivity contribution in [2.45, 2.75) is 18.2 Å². The molecular formula is C17H18N2O4S. The zero-order valence-corrected chi connectivity index (χ0v) is 14.3. The molecule has 0 aliphatic rings. The number of fused-ring (bicyclic) bond motifs is 1. The van der Waals surface area contributed by atoms with E-state index in [-0.39, 0.29) is 10.5 Å². The van der Waals surface area contributed by atoms with Crippen molar-refractivity contribution in [3.8, 4) is 0 Å². The van der Waals surface area contributed by atoms with Crippen molar-refractivity contribution in [3.05, 3.63) is 64.1 Å². The minimum absolute atomic E-state index is 0.0771. The summed E-state index contributed by atoms with van der Waals surface area (Å²) >= 11 is 0. The largest absolute Gasteiger partial charge is 0.419 e. The molecule has 1 heterocycles. The molecule has 0 aliphatic carbocycles. The third kappa shape index (κ3) is 3.27. The van der Waals surface area contributed by atoms with Gasteiger partial charge in [-0.25, -0.2) is 17.9 Å². The fourth-order valence-electron chi connectivity index (χ4n) is 2.45. The molecule has 6 nitrogen and oxygen atoms in total. The summed E-state index contributed by atoms with van der Waals surface area (Å²) in [5, 5.41) is 0. The lowest BCUT2D eigenvalue weighted by Gasteiger charge is -2.07. The van der Waals surface area contributed by atoms with E-state index >= 15 is 0 Å². The number of nitrogens with one attached hydrogen (secondary N) is 1. The van der Waals surface area contributed by atoms with Gasteiger partial charge in [-0.05, 0) is 31.0 Å². The highest BCUT2D eigenvalue weighted by Crippen LogP contribution is 2.17. The quantitative estimate of drug-likeness (QED) is 0.766. The Balaban J connectivity index is 1.75. The molecule has 0 fully saturated rings. The molecule has 2 aromatic carbocycles.